The molecule has 7 heteroatoms. The van der Waals surface area contributed by atoms with Gasteiger partial charge >= 0.3 is 17.8 Å². The quantitative estimate of drug-likeness (QED) is 0.644. The number of nitrogens with one attached hydrogen (secondary N) is 2. The van der Waals surface area contributed by atoms with Gasteiger partial charge in [-0.25, -0.2) is 4.39 Å². The van der Waals surface area contributed by atoms with Crippen molar-refractivity contribution in [2.45, 2.75) is 26.3 Å². The van der Waals surface area contributed by atoms with Gasteiger partial charge in [-0.2, -0.15) is 0 Å². The number of esters is 1. The van der Waals surface area contributed by atoms with Gasteiger partial charge in [-0.15, -0.1) is 0 Å². The Balaban J connectivity index is 2.56. The van der Waals surface area contributed by atoms with Crippen molar-refractivity contribution in [3.8, 4) is 0 Å². The maximum atomic E-state index is 13.3. The molecule has 0 fully saturated rings. The summed E-state index contributed by atoms with van der Waals surface area (Å²) in [4.78, 5) is 34.3. The third-order valence-corrected chi connectivity index (χ3v) is 2.71. The summed E-state index contributed by atoms with van der Waals surface area (Å²) in [6, 6.07) is 3.55. The Labute approximate surface area is 121 Å². The van der Waals surface area contributed by atoms with Gasteiger partial charge < -0.3 is 15.4 Å². The molecule has 1 atom stereocenters. The molecule has 0 aromatic heterocycles. The molecule has 0 spiro atoms. The lowest BCUT2D eigenvalue weighted by molar-refractivity contribution is -0.142. The second kappa shape index (κ2) is 7.37. The van der Waals surface area contributed by atoms with Gasteiger partial charge in [0.2, 0.25) is 0 Å². The van der Waals surface area contributed by atoms with Crippen LogP contribution >= 0.6 is 0 Å². The summed E-state index contributed by atoms with van der Waals surface area (Å²) in [5, 5.41) is 4.62. The van der Waals surface area contributed by atoms with E-state index in [1.165, 1.54) is 19.2 Å². The number of rotatable bonds is 4. The minimum Gasteiger partial charge on any atom is -0.469 e. The van der Waals surface area contributed by atoms with Gasteiger partial charge in [-0.1, -0.05) is 6.07 Å². The van der Waals surface area contributed by atoms with Gasteiger partial charge in [0.25, 0.3) is 0 Å². The molecule has 1 aromatic rings. The zero-order valence-corrected chi connectivity index (χ0v) is 12.0. The second-order valence-electron chi connectivity index (χ2n) is 4.57. The van der Waals surface area contributed by atoms with E-state index in [2.05, 4.69) is 15.4 Å². The molecule has 1 unspecified atom stereocenters. The molecule has 0 radical (unpaired) electrons. The zero-order chi connectivity index (χ0) is 16.0. The monoisotopic (exact) mass is 296 g/mol. The molecular formula is C14H17FN2O4. The molecule has 21 heavy (non-hydrogen) atoms. The molecule has 0 saturated carbocycles. The van der Waals surface area contributed by atoms with Gasteiger partial charge in [0, 0.05) is 11.7 Å². The lowest BCUT2D eigenvalue weighted by atomic mass is 10.2. The van der Waals surface area contributed by atoms with Crippen molar-refractivity contribution in [2.24, 2.45) is 0 Å². The Morgan fingerprint density at radius 3 is 2.52 bits per heavy atom. The maximum Gasteiger partial charge on any atom is 0.313 e. The van der Waals surface area contributed by atoms with Crippen molar-refractivity contribution >= 4 is 23.5 Å². The van der Waals surface area contributed by atoms with Crippen LogP contribution in [-0.2, 0) is 19.1 Å². The van der Waals surface area contributed by atoms with Gasteiger partial charge in [-0.05, 0) is 31.5 Å². The molecule has 0 saturated heterocycles. The Hall–Kier alpha value is -2.44. The first-order valence-electron chi connectivity index (χ1n) is 6.28. The fourth-order valence-electron chi connectivity index (χ4n) is 1.53. The van der Waals surface area contributed by atoms with Crippen LogP contribution < -0.4 is 10.6 Å². The number of amides is 2. The first-order chi connectivity index (χ1) is 9.83. The van der Waals surface area contributed by atoms with Crippen LogP contribution in [0.4, 0.5) is 10.1 Å². The van der Waals surface area contributed by atoms with Crippen molar-refractivity contribution in [3.63, 3.8) is 0 Å². The van der Waals surface area contributed by atoms with Crippen molar-refractivity contribution in [3.05, 3.63) is 29.6 Å². The Morgan fingerprint density at radius 2 is 1.95 bits per heavy atom. The van der Waals surface area contributed by atoms with Crippen LogP contribution in [0.15, 0.2) is 18.2 Å². The third kappa shape index (κ3) is 5.21. The molecule has 0 heterocycles. The van der Waals surface area contributed by atoms with E-state index >= 15 is 0 Å². The van der Waals surface area contributed by atoms with E-state index in [4.69, 9.17) is 0 Å². The summed E-state index contributed by atoms with van der Waals surface area (Å²) in [6.45, 7) is 3.15. The lowest BCUT2D eigenvalue weighted by Gasteiger charge is -2.12. The predicted octanol–water partition coefficient (Wildman–Crippen LogP) is 1.14. The van der Waals surface area contributed by atoms with Crippen LogP contribution in [0.1, 0.15) is 18.9 Å². The van der Waals surface area contributed by atoms with E-state index < -0.39 is 29.6 Å². The predicted molar refractivity (Wildman–Crippen MR) is 74.0 cm³/mol. The smallest absolute Gasteiger partial charge is 0.313 e. The number of hydrogen-bond donors (Lipinski definition) is 2. The van der Waals surface area contributed by atoms with E-state index in [1.54, 1.807) is 13.8 Å². The minimum atomic E-state index is -0.935. The summed E-state index contributed by atoms with van der Waals surface area (Å²) in [5.74, 6) is -2.82. The number of carbonyl (C=O) groups is 3. The van der Waals surface area contributed by atoms with Crippen LogP contribution in [0, 0.1) is 12.7 Å². The van der Waals surface area contributed by atoms with E-state index in [0.29, 0.717) is 5.56 Å². The van der Waals surface area contributed by atoms with Crippen LogP contribution in [0.2, 0.25) is 0 Å². The topological polar surface area (TPSA) is 84.5 Å². The van der Waals surface area contributed by atoms with Crippen molar-refractivity contribution in [2.75, 3.05) is 12.4 Å². The molecule has 6 nitrogen and oxygen atoms in total. The highest BCUT2D eigenvalue weighted by molar-refractivity contribution is 6.39. The molecular weight excluding hydrogens is 279 g/mol. The van der Waals surface area contributed by atoms with Gasteiger partial charge in [0.05, 0.1) is 13.5 Å². The molecule has 1 aromatic carbocycles. The van der Waals surface area contributed by atoms with Crippen LogP contribution in [0.25, 0.3) is 0 Å². The highest BCUT2D eigenvalue weighted by Gasteiger charge is 2.18. The number of hydrogen-bond acceptors (Lipinski definition) is 4. The van der Waals surface area contributed by atoms with E-state index in [0.717, 1.165) is 6.07 Å². The van der Waals surface area contributed by atoms with E-state index in [-0.39, 0.29) is 12.1 Å². The number of carbonyl (C=O) groups excluding carboxylic acids is 3. The maximum absolute atomic E-state index is 13.3. The van der Waals surface area contributed by atoms with Gasteiger partial charge in [0.15, 0.2) is 0 Å². The largest absolute Gasteiger partial charge is 0.469 e. The van der Waals surface area contributed by atoms with E-state index in [1.807, 2.05) is 0 Å². The minimum absolute atomic E-state index is 0.0469. The number of halogens is 1. The Bertz CT molecular complexity index is 560. The highest BCUT2D eigenvalue weighted by atomic mass is 19.1. The van der Waals surface area contributed by atoms with Gasteiger partial charge in [-0.3, -0.25) is 14.4 Å². The summed E-state index contributed by atoms with van der Waals surface area (Å²) in [6.07, 6.45) is -0.0469. The van der Waals surface area contributed by atoms with Crippen molar-refractivity contribution in [1.29, 1.82) is 0 Å². The zero-order valence-electron chi connectivity index (χ0n) is 12.0. The first kappa shape index (κ1) is 16.6. The number of aryl methyl sites for hydroxylation is 1. The van der Waals surface area contributed by atoms with Crippen LogP contribution in [0.5, 0.6) is 0 Å². The third-order valence-electron chi connectivity index (χ3n) is 2.71. The summed E-state index contributed by atoms with van der Waals surface area (Å²) in [5.41, 5.74) is 0.614. The molecule has 114 valence electrons. The van der Waals surface area contributed by atoms with Crippen molar-refractivity contribution in [1.82, 2.24) is 5.32 Å². The lowest BCUT2D eigenvalue weighted by Crippen LogP contribution is -2.41. The number of benzene rings is 1. The fourth-order valence-corrected chi connectivity index (χ4v) is 1.53. The van der Waals surface area contributed by atoms with Gasteiger partial charge in [0.1, 0.15) is 5.82 Å². The van der Waals surface area contributed by atoms with E-state index in [9.17, 15) is 18.8 Å². The molecule has 0 aliphatic carbocycles. The van der Waals surface area contributed by atoms with Crippen molar-refractivity contribution < 1.29 is 23.5 Å². The average molecular weight is 296 g/mol. The molecule has 0 aliphatic rings. The fraction of sp³-hybridized carbons (Fsp3) is 0.357. The summed E-state index contributed by atoms with van der Waals surface area (Å²) >= 11 is 0. The Morgan fingerprint density at radius 1 is 1.29 bits per heavy atom. The molecule has 0 bridgehead atoms. The summed E-state index contributed by atoms with van der Waals surface area (Å²) < 4.78 is 17.8. The number of ether oxygens (including phenoxy) is 1. The number of methoxy groups -OCH3 is 1. The second-order valence-corrected chi connectivity index (χ2v) is 4.57. The SMILES string of the molecule is COC(=O)CC(C)NC(=O)C(=O)Nc1ccc(C)c(F)c1. The molecule has 2 amide bonds. The van der Waals surface area contributed by atoms with Crippen LogP contribution in [0.3, 0.4) is 0 Å². The standard InChI is InChI=1S/C14H17FN2O4/c1-8-4-5-10(7-11(8)15)17-14(20)13(19)16-9(2)6-12(18)21-3/h4-5,7,9H,6H2,1-3H3,(H,16,19)(H,17,20). The molecule has 2 N–H and O–H groups in total. The highest BCUT2D eigenvalue weighted by Crippen LogP contribution is 2.13. The average Bonchev–Trinajstić information content (AvgIpc) is 2.42. The number of anilines is 1. The van der Waals surface area contributed by atoms with Crippen LogP contribution in [-0.4, -0.2) is 30.9 Å². The summed E-state index contributed by atoms with van der Waals surface area (Å²) in [7, 11) is 1.23. The molecule has 0 aliphatic heterocycles. The molecule has 1 rings (SSSR count). The normalized spacial score (nSPS) is 11.4. The Kier molecular flexibility index (Phi) is 5.83. The first-order valence-corrected chi connectivity index (χ1v) is 6.28.